The molecular formula is C21H17N3O2. The van der Waals surface area contributed by atoms with Crippen LogP contribution in [0.15, 0.2) is 72.8 Å². The van der Waals surface area contributed by atoms with Crippen LogP contribution in [0.5, 0.6) is 11.5 Å². The zero-order valence-corrected chi connectivity index (χ0v) is 14.2. The van der Waals surface area contributed by atoms with E-state index in [1.165, 1.54) is 0 Å². The summed E-state index contributed by atoms with van der Waals surface area (Å²) in [5, 5.41) is 23.5. The van der Waals surface area contributed by atoms with Crippen LogP contribution in [0.4, 0.5) is 0 Å². The molecule has 0 fully saturated rings. The number of phenolic OH excluding ortho intramolecular Hbond substituents is 2. The molecule has 0 saturated carbocycles. The Hall–Kier alpha value is -3.60. The van der Waals surface area contributed by atoms with Gasteiger partial charge in [-0.3, -0.25) is 0 Å². The van der Waals surface area contributed by atoms with E-state index in [1.54, 1.807) is 41.1 Å². The molecule has 0 amide bonds. The van der Waals surface area contributed by atoms with Crippen LogP contribution in [0.1, 0.15) is 0 Å². The van der Waals surface area contributed by atoms with Gasteiger partial charge in [-0.2, -0.15) is 5.10 Å². The van der Waals surface area contributed by atoms with Gasteiger partial charge in [0.05, 0.1) is 0 Å². The van der Waals surface area contributed by atoms with E-state index in [9.17, 15) is 10.2 Å². The minimum atomic E-state index is 0.215. The fourth-order valence-electron chi connectivity index (χ4n) is 2.87. The second kappa shape index (κ2) is 6.37. The first-order valence-electron chi connectivity index (χ1n) is 8.20. The van der Waals surface area contributed by atoms with Gasteiger partial charge in [-0.25, -0.2) is 9.67 Å². The van der Waals surface area contributed by atoms with Crippen LogP contribution in [0.25, 0.3) is 33.9 Å². The van der Waals surface area contributed by atoms with E-state index >= 15 is 0 Å². The van der Waals surface area contributed by atoms with Gasteiger partial charge in [0.15, 0.2) is 11.6 Å². The number of hydrogen-bond donors (Lipinski definition) is 2. The number of phenols is 2. The molecule has 0 aliphatic carbocycles. The lowest BCUT2D eigenvalue weighted by molar-refractivity contribution is 0.475. The number of hydrogen-bond acceptors (Lipinski definition) is 4. The average molecular weight is 343 g/mol. The molecule has 1 aromatic heterocycles. The number of nitrogens with zero attached hydrogens (tertiary/aromatic N) is 3. The lowest BCUT2D eigenvalue weighted by Crippen LogP contribution is -1.94. The van der Waals surface area contributed by atoms with Gasteiger partial charge in [0, 0.05) is 18.2 Å². The summed E-state index contributed by atoms with van der Waals surface area (Å²) in [6, 6.07) is 22.0. The van der Waals surface area contributed by atoms with Crippen LogP contribution < -0.4 is 0 Å². The SMILES string of the molecule is Cn1nc(-c2ccc(O)cc2)nc1-c1ccc(-c2cccc(O)c2)cc1. The highest BCUT2D eigenvalue weighted by Gasteiger charge is 2.11. The molecule has 0 atom stereocenters. The number of aryl methyl sites for hydroxylation is 1. The molecular weight excluding hydrogens is 326 g/mol. The minimum Gasteiger partial charge on any atom is -0.508 e. The maximum atomic E-state index is 9.63. The van der Waals surface area contributed by atoms with Gasteiger partial charge in [0.1, 0.15) is 11.5 Å². The van der Waals surface area contributed by atoms with Crippen molar-refractivity contribution in [1.82, 2.24) is 14.8 Å². The maximum absolute atomic E-state index is 9.63. The van der Waals surface area contributed by atoms with Gasteiger partial charge in [0.25, 0.3) is 0 Å². The number of rotatable bonds is 3. The summed E-state index contributed by atoms with van der Waals surface area (Å²) in [6.45, 7) is 0. The smallest absolute Gasteiger partial charge is 0.181 e. The van der Waals surface area contributed by atoms with Gasteiger partial charge >= 0.3 is 0 Å². The highest BCUT2D eigenvalue weighted by molar-refractivity contribution is 5.69. The van der Waals surface area contributed by atoms with Crippen molar-refractivity contribution >= 4 is 0 Å². The third-order valence-corrected chi connectivity index (χ3v) is 4.21. The van der Waals surface area contributed by atoms with Crippen molar-refractivity contribution in [2.24, 2.45) is 7.05 Å². The van der Waals surface area contributed by atoms with Gasteiger partial charge in [-0.05, 0) is 47.5 Å². The van der Waals surface area contributed by atoms with Crippen LogP contribution in [0.2, 0.25) is 0 Å². The Bertz CT molecular complexity index is 1050. The van der Waals surface area contributed by atoms with Gasteiger partial charge in [-0.15, -0.1) is 0 Å². The van der Waals surface area contributed by atoms with Gasteiger partial charge in [-0.1, -0.05) is 36.4 Å². The Labute approximate surface area is 150 Å². The van der Waals surface area contributed by atoms with Crippen LogP contribution in [0.3, 0.4) is 0 Å². The molecule has 2 N–H and O–H groups in total. The van der Waals surface area contributed by atoms with E-state index in [2.05, 4.69) is 10.1 Å². The Balaban J connectivity index is 1.67. The number of benzene rings is 3. The van der Waals surface area contributed by atoms with E-state index in [-0.39, 0.29) is 11.5 Å². The topological polar surface area (TPSA) is 71.2 Å². The van der Waals surface area contributed by atoms with Crippen molar-refractivity contribution in [2.75, 3.05) is 0 Å². The predicted octanol–water partition coefficient (Wildman–Crippen LogP) is 4.23. The quantitative estimate of drug-likeness (QED) is 0.584. The summed E-state index contributed by atoms with van der Waals surface area (Å²) < 4.78 is 1.74. The third kappa shape index (κ3) is 3.02. The standard InChI is InChI=1S/C21H17N3O2/c1-24-21(22-20(23-24)15-9-11-18(25)12-10-15)16-7-5-14(6-8-16)17-3-2-4-19(26)13-17/h2-13,25-26H,1H3. The molecule has 0 spiro atoms. The largest absolute Gasteiger partial charge is 0.508 e. The summed E-state index contributed by atoms with van der Waals surface area (Å²) in [5.74, 6) is 1.83. The summed E-state index contributed by atoms with van der Waals surface area (Å²) in [4.78, 5) is 4.63. The molecule has 5 nitrogen and oxygen atoms in total. The normalized spacial score (nSPS) is 10.8. The third-order valence-electron chi connectivity index (χ3n) is 4.21. The van der Waals surface area contributed by atoms with Crippen molar-refractivity contribution in [3.05, 3.63) is 72.8 Å². The summed E-state index contributed by atoms with van der Waals surface area (Å²) in [5.41, 5.74) is 3.78. The second-order valence-corrected chi connectivity index (χ2v) is 6.06. The van der Waals surface area contributed by atoms with Gasteiger partial charge in [0.2, 0.25) is 0 Å². The molecule has 3 aromatic carbocycles. The van der Waals surface area contributed by atoms with Crippen molar-refractivity contribution in [3.8, 4) is 45.4 Å². The fourth-order valence-corrected chi connectivity index (χ4v) is 2.87. The number of aromatic hydroxyl groups is 2. The van der Waals surface area contributed by atoms with Gasteiger partial charge < -0.3 is 10.2 Å². The lowest BCUT2D eigenvalue weighted by atomic mass is 10.0. The molecule has 5 heteroatoms. The van der Waals surface area contributed by atoms with Crippen LogP contribution >= 0.6 is 0 Å². The number of aromatic nitrogens is 3. The van der Waals surface area contributed by atoms with E-state index in [1.807, 2.05) is 43.4 Å². The first kappa shape index (κ1) is 15.9. The van der Waals surface area contributed by atoms with E-state index in [0.717, 1.165) is 28.1 Å². The van der Waals surface area contributed by atoms with E-state index in [4.69, 9.17) is 0 Å². The monoisotopic (exact) mass is 343 g/mol. The molecule has 0 aliphatic heterocycles. The fraction of sp³-hybridized carbons (Fsp3) is 0.0476. The van der Waals surface area contributed by atoms with Crippen molar-refractivity contribution in [3.63, 3.8) is 0 Å². The minimum absolute atomic E-state index is 0.215. The Morgan fingerprint density at radius 3 is 2.04 bits per heavy atom. The van der Waals surface area contributed by atoms with E-state index < -0.39 is 0 Å². The Morgan fingerprint density at radius 2 is 1.35 bits per heavy atom. The zero-order valence-electron chi connectivity index (χ0n) is 14.2. The molecule has 26 heavy (non-hydrogen) atoms. The summed E-state index contributed by atoms with van der Waals surface area (Å²) in [6.07, 6.45) is 0. The molecule has 1 heterocycles. The second-order valence-electron chi connectivity index (χ2n) is 6.06. The summed E-state index contributed by atoms with van der Waals surface area (Å²) in [7, 11) is 1.86. The predicted molar refractivity (Wildman–Crippen MR) is 101 cm³/mol. The van der Waals surface area contributed by atoms with E-state index in [0.29, 0.717) is 5.82 Å². The van der Waals surface area contributed by atoms with Crippen LogP contribution in [-0.2, 0) is 7.05 Å². The van der Waals surface area contributed by atoms with Crippen LogP contribution in [-0.4, -0.2) is 25.0 Å². The zero-order chi connectivity index (χ0) is 18.1. The molecule has 0 unspecified atom stereocenters. The van der Waals surface area contributed by atoms with Crippen LogP contribution in [0, 0.1) is 0 Å². The van der Waals surface area contributed by atoms with Crippen molar-refractivity contribution in [1.29, 1.82) is 0 Å². The molecule has 0 radical (unpaired) electrons. The van der Waals surface area contributed by atoms with Crippen molar-refractivity contribution < 1.29 is 10.2 Å². The molecule has 0 bridgehead atoms. The molecule has 128 valence electrons. The lowest BCUT2D eigenvalue weighted by Gasteiger charge is -2.04. The highest BCUT2D eigenvalue weighted by Crippen LogP contribution is 2.27. The Morgan fingerprint density at radius 1 is 0.692 bits per heavy atom. The molecule has 0 aliphatic rings. The average Bonchev–Trinajstić information content (AvgIpc) is 3.04. The molecule has 0 saturated heterocycles. The van der Waals surface area contributed by atoms with Crippen molar-refractivity contribution in [2.45, 2.75) is 0 Å². The Kier molecular flexibility index (Phi) is 3.89. The summed E-state index contributed by atoms with van der Waals surface area (Å²) >= 11 is 0. The first-order chi connectivity index (χ1) is 12.6. The molecule has 4 rings (SSSR count). The highest BCUT2D eigenvalue weighted by atomic mass is 16.3. The molecule has 4 aromatic rings. The maximum Gasteiger partial charge on any atom is 0.181 e. The first-order valence-corrected chi connectivity index (χ1v) is 8.20.